The lowest BCUT2D eigenvalue weighted by Gasteiger charge is -2.13. The molecule has 5 rings (SSSR count). The highest BCUT2D eigenvalue weighted by molar-refractivity contribution is 7.22. The molecule has 4 aromatic rings. The van der Waals surface area contributed by atoms with E-state index in [2.05, 4.69) is 63.5 Å². The van der Waals surface area contributed by atoms with E-state index in [1.54, 1.807) is 23.7 Å². The highest BCUT2D eigenvalue weighted by Crippen LogP contribution is 2.44. The van der Waals surface area contributed by atoms with Gasteiger partial charge in [-0.1, -0.05) is 34.6 Å². The Hall–Kier alpha value is -3.01. The van der Waals surface area contributed by atoms with E-state index in [1.165, 1.54) is 21.7 Å². The van der Waals surface area contributed by atoms with E-state index in [-0.39, 0.29) is 0 Å². The van der Waals surface area contributed by atoms with Gasteiger partial charge in [0.25, 0.3) is 0 Å². The van der Waals surface area contributed by atoms with Crippen molar-refractivity contribution in [1.29, 1.82) is 0 Å². The molecule has 9 heteroatoms. The lowest BCUT2D eigenvalue weighted by Crippen LogP contribution is -2.15. The summed E-state index contributed by atoms with van der Waals surface area (Å²) in [6.07, 6.45) is 5.38. The van der Waals surface area contributed by atoms with Crippen molar-refractivity contribution < 1.29 is 5.11 Å². The van der Waals surface area contributed by atoms with Gasteiger partial charge in [-0.3, -0.25) is 5.10 Å². The van der Waals surface area contributed by atoms with E-state index in [0.29, 0.717) is 5.75 Å². The maximum Gasteiger partial charge on any atom is 0.142 e. The van der Waals surface area contributed by atoms with Crippen LogP contribution in [-0.2, 0) is 12.8 Å². The molecule has 0 fully saturated rings. The third-order valence-corrected chi connectivity index (χ3v) is 7.24. The summed E-state index contributed by atoms with van der Waals surface area (Å²) in [6, 6.07) is 5.45. The fourth-order valence-corrected chi connectivity index (χ4v) is 4.81. The number of anilines is 2. The molecule has 37 heavy (non-hydrogen) atoms. The second kappa shape index (κ2) is 15.3. The molecule has 0 amide bonds. The Morgan fingerprint density at radius 1 is 1.11 bits per heavy atom. The van der Waals surface area contributed by atoms with Gasteiger partial charge in [-0.25, -0.2) is 9.97 Å². The predicted molar refractivity (Wildman–Crippen MR) is 158 cm³/mol. The van der Waals surface area contributed by atoms with Crippen LogP contribution in [-0.4, -0.2) is 63.9 Å². The van der Waals surface area contributed by atoms with Crippen molar-refractivity contribution in [2.24, 2.45) is 0 Å². The van der Waals surface area contributed by atoms with Gasteiger partial charge in [0, 0.05) is 21.8 Å². The number of hydrogen-bond acceptors (Lipinski definition) is 8. The number of aromatic hydroxyl groups is 1. The average Bonchev–Trinajstić information content (AvgIpc) is 3.57. The fourth-order valence-electron chi connectivity index (χ4n) is 3.58. The quantitative estimate of drug-likeness (QED) is 0.232. The van der Waals surface area contributed by atoms with Crippen LogP contribution >= 0.6 is 11.3 Å². The van der Waals surface area contributed by atoms with Gasteiger partial charge in [0.1, 0.15) is 22.7 Å². The first kappa shape index (κ1) is 30.2. The molecule has 0 bridgehead atoms. The van der Waals surface area contributed by atoms with Crippen molar-refractivity contribution in [1.82, 2.24) is 30.4 Å². The molecule has 0 aliphatic heterocycles. The lowest BCUT2D eigenvalue weighted by atomic mass is 9.95. The van der Waals surface area contributed by atoms with Crippen molar-refractivity contribution in [3.05, 3.63) is 47.5 Å². The van der Waals surface area contributed by atoms with E-state index in [4.69, 9.17) is 0 Å². The lowest BCUT2D eigenvalue weighted by molar-refractivity contribution is 0.373. The van der Waals surface area contributed by atoms with Crippen molar-refractivity contribution in [3.63, 3.8) is 0 Å². The Bertz CT molecular complexity index is 1230. The summed E-state index contributed by atoms with van der Waals surface area (Å²) in [6.45, 7) is 15.7. The predicted octanol–water partition coefficient (Wildman–Crippen LogP) is 6.15. The van der Waals surface area contributed by atoms with Crippen molar-refractivity contribution >= 4 is 33.1 Å². The number of H-pyrrole nitrogens is 1. The molecule has 1 aromatic carbocycles. The first-order valence-electron chi connectivity index (χ1n) is 13.1. The second-order valence-corrected chi connectivity index (χ2v) is 9.40. The van der Waals surface area contributed by atoms with Crippen LogP contribution in [0.15, 0.2) is 30.7 Å². The zero-order valence-electron chi connectivity index (χ0n) is 23.6. The summed E-state index contributed by atoms with van der Waals surface area (Å²) < 4.78 is 0. The van der Waals surface area contributed by atoms with Crippen LogP contribution in [0.5, 0.6) is 5.75 Å². The molecular weight excluding hydrogens is 482 g/mol. The minimum Gasteiger partial charge on any atom is -0.508 e. The molecule has 8 nitrogen and oxygen atoms in total. The summed E-state index contributed by atoms with van der Waals surface area (Å²) in [5.41, 5.74) is 5.37. The number of hydrogen-bond donors (Lipinski definition) is 4. The number of phenolic OH excluding ortho intramolecular Hbond substituents is 1. The monoisotopic (exact) mass is 525 g/mol. The standard InChI is InChI=1S/C18H15N5OS.C5H13N.C3H9N.C2H6/c1-9-6-10(2-5-14(9)24)22-17-15-11-3-4-13-12(7-21-23-13)16(11)25-18(15)20-8-19-17;1-4-6(3)5-2;1-3-4-2;1-2/h2,5-8,24H,3-4H2,1H3,(H,21,23)(H,19,20,22);4-5H2,1-3H3;4H,3H2,1-2H3;1-2H3. The Morgan fingerprint density at radius 3 is 2.41 bits per heavy atom. The zero-order chi connectivity index (χ0) is 27.4. The molecule has 3 heterocycles. The van der Waals surface area contributed by atoms with E-state index in [9.17, 15) is 5.11 Å². The third-order valence-electron chi connectivity index (χ3n) is 6.07. The fraction of sp³-hybridized carbons (Fsp3) is 0.464. The topological polar surface area (TPSA) is 102 Å². The number of rotatable bonds is 5. The van der Waals surface area contributed by atoms with E-state index in [0.717, 1.165) is 59.8 Å². The molecule has 0 unspecified atom stereocenters. The maximum absolute atomic E-state index is 9.72. The number of aromatic nitrogens is 4. The van der Waals surface area contributed by atoms with Gasteiger partial charge in [0.2, 0.25) is 0 Å². The van der Waals surface area contributed by atoms with Crippen molar-refractivity contribution in [3.8, 4) is 16.2 Å². The molecule has 0 saturated carbocycles. The molecule has 202 valence electrons. The summed E-state index contributed by atoms with van der Waals surface area (Å²) in [5.74, 6) is 1.10. The Kier molecular flexibility index (Phi) is 12.5. The Labute approximate surface area is 225 Å². The average molecular weight is 526 g/mol. The second-order valence-electron chi connectivity index (χ2n) is 8.40. The molecule has 0 saturated heterocycles. The summed E-state index contributed by atoms with van der Waals surface area (Å²) >= 11 is 1.69. The maximum atomic E-state index is 9.72. The van der Waals surface area contributed by atoms with Crippen LogP contribution in [0, 0.1) is 6.92 Å². The molecule has 1 aliphatic carbocycles. The minimum absolute atomic E-state index is 0.291. The first-order chi connectivity index (χ1) is 17.9. The van der Waals surface area contributed by atoms with Gasteiger partial charge in [0.15, 0.2) is 0 Å². The molecular formula is C28H43N7OS. The first-order valence-corrected chi connectivity index (χ1v) is 13.9. The summed E-state index contributed by atoms with van der Waals surface area (Å²) in [7, 11) is 4.04. The van der Waals surface area contributed by atoms with Crippen LogP contribution in [0.2, 0.25) is 0 Å². The number of thiophene rings is 1. The molecule has 0 spiro atoms. The number of nitrogens with one attached hydrogen (secondary N) is 3. The smallest absolute Gasteiger partial charge is 0.142 e. The zero-order valence-corrected chi connectivity index (χ0v) is 24.4. The minimum atomic E-state index is 0.291. The number of benzene rings is 1. The van der Waals surface area contributed by atoms with Crippen LogP contribution in [0.4, 0.5) is 11.5 Å². The van der Waals surface area contributed by atoms with Gasteiger partial charge >= 0.3 is 0 Å². The number of fused-ring (bicyclic) bond motifs is 5. The number of aromatic amines is 1. The largest absolute Gasteiger partial charge is 0.508 e. The number of aryl methyl sites for hydroxylation is 3. The van der Waals surface area contributed by atoms with Gasteiger partial charge < -0.3 is 20.6 Å². The normalized spacial score (nSPS) is 11.3. The van der Waals surface area contributed by atoms with E-state index >= 15 is 0 Å². The molecule has 0 radical (unpaired) electrons. The number of phenols is 1. The highest BCUT2D eigenvalue weighted by Gasteiger charge is 2.25. The highest BCUT2D eigenvalue weighted by atomic mass is 32.1. The summed E-state index contributed by atoms with van der Waals surface area (Å²) in [4.78, 5) is 13.4. The molecule has 3 aromatic heterocycles. The molecule has 4 N–H and O–H groups in total. The Morgan fingerprint density at radius 2 is 1.81 bits per heavy atom. The third kappa shape index (κ3) is 7.74. The van der Waals surface area contributed by atoms with Gasteiger partial charge in [-0.05, 0) is 82.8 Å². The van der Waals surface area contributed by atoms with Gasteiger partial charge in [-0.2, -0.15) is 5.10 Å². The van der Waals surface area contributed by atoms with E-state index in [1.807, 2.05) is 46.1 Å². The van der Waals surface area contributed by atoms with Crippen LogP contribution in [0.3, 0.4) is 0 Å². The van der Waals surface area contributed by atoms with Crippen molar-refractivity contribution in [2.75, 3.05) is 39.0 Å². The van der Waals surface area contributed by atoms with Crippen molar-refractivity contribution in [2.45, 2.75) is 54.4 Å². The SMILES string of the molecule is CC.CCN(C)CC.CCNC.Cc1cc(Nc2ncnc3sc4c(c23)CCc2[nH]ncc2-4)ccc1O. The van der Waals surface area contributed by atoms with Gasteiger partial charge in [-0.15, -0.1) is 11.3 Å². The van der Waals surface area contributed by atoms with Crippen LogP contribution in [0.1, 0.15) is 51.4 Å². The van der Waals surface area contributed by atoms with E-state index < -0.39 is 0 Å². The molecule has 1 aliphatic rings. The number of nitrogens with zero attached hydrogens (tertiary/aromatic N) is 4. The molecule has 0 atom stereocenters. The van der Waals surface area contributed by atoms with Gasteiger partial charge in [0.05, 0.1) is 11.6 Å². The Balaban J connectivity index is 0.000000342. The van der Waals surface area contributed by atoms with Crippen LogP contribution < -0.4 is 10.6 Å². The van der Waals surface area contributed by atoms with Crippen LogP contribution in [0.25, 0.3) is 20.7 Å². The summed E-state index contributed by atoms with van der Waals surface area (Å²) in [5, 5.41) is 24.4.